The number of nitrogens with zero attached hydrogens (tertiary/aromatic N) is 1. The van der Waals surface area contributed by atoms with Crippen LogP contribution >= 0.6 is 0 Å². The topological polar surface area (TPSA) is 29.5 Å². The molecule has 0 spiro atoms. The lowest BCUT2D eigenvalue weighted by molar-refractivity contribution is -0.136. The fourth-order valence-corrected chi connectivity index (χ4v) is 2.71. The summed E-state index contributed by atoms with van der Waals surface area (Å²) in [5.74, 6) is -0.296. The van der Waals surface area contributed by atoms with Gasteiger partial charge in [0.2, 0.25) is 0 Å². The highest BCUT2D eigenvalue weighted by Gasteiger charge is 2.15. The van der Waals surface area contributed by atoms with Crippen LogP contribution in [0.4, 0.5) is 0 Å². The fourth-order valence-electron chi connectivity index (χ4n) is 2.71. The predicted octanol–water partition coefficient (Wildman–Crippen LogP) is 4.21. The standard InChI is InChI=1S/C20H29NO2/c1-6-17(10-9-16(4)20(22)23-5)15-21-13-11-18(7-2)19(8-3)12-14-21/h6-10H,1,11-15H2,2-5H3/b16-9+,17-10+,18-7-,19-8-. The van der Waals surface area contributed by atoms with Gasteiger partial charge in [-0.2, -0.15) is 0 Å². The van der Waals surface area contributed by atoms with E-state index in [0.717, 1.165) is 38.0 Å². The molecule has 1 rings (SSSR count). The van der Waals surface area contributed by atoms with Crippen LogP contribution in [0, 0.1) is 0 Å². The average Bonchev–Trinajstić information content (AvgIpc) is 2.78. The third-order valence-corrected chi connectivity index (χ3v) is 4.23. The van der Waals surface area contributed by atoms with Crippen molar-refractivity contribution in [1.29, 1.82) is 0 Å². The highest BCUT2D eigenvalue weighted by atomic mass is 16.5. The summed E-state index contributed by atoms with van der Waals surface area (Å²) in [6.45, 7) is 12.8. The number of allylic oxidation sites excluding steroid dienone is 4. The first-order chi connectivity index (χ1) is 11.0. The van der Waals surface area contributed by atoms with Crippen molar-refractivity contribution in [2.24, 2.45) is 0 Å². The zero-order chi connectivity index (χ0) is 17.2. The first-order valence-electron chi connectivity index (χ1n) is 8.17. The molecule has 23 heavy (non-hydrogen) atoms. The van der Waals surface area contributed by atoms with Crippen molar-refractivity contribution in [3.8, 4) is 0 Å². The SMILES string of the molecule is C=C/C(=C\C=C(/C)C(=O)OC)CN1CCC(=C/C)/C(=C\C)CC1. The van der Waals surface area contributed by atoms with Gasteiger partial charge in [0.1, 0.15) is 0 Å². The smallest absolute Gasteiger partial charge is 0.333 e. The van der Waals surface area contributed by atoms with Gasteiger partial charge in [-0.3, -0.25) is 4.90 Å². The lowest BCUT2D eigenvalue weighted by Gasteiger charge is -2.19. The van der Waals surface area contributed by atoms with Gasteiger partial charge in [-0.25, -0.2) is 4.79 Å². The lowest BCUT2D eigenvalue weighted by Crippen LogP contribution is -2.26. The number of methoxy groups -OCH3 is 1. The monoisotopic (exact) mass is 315 g/mol. The number of esters is 1. The van der Waals surface area contributed by atoms with Crippen LogP contribution < -0.4 is 0 Å². The number of likely N-dealkylation sites (tertiary alicyclic amines) is 1. The van der Waals surface area contributed by atoms with Gasteiger partial charge in [0.05, 0.1) is 7.11 Å². The first-order valence-corrected chi connectivity index (χ1v) is 8.17. The van der Waals surface area contributed by atoms with Gasteiger partial charge in [-0.15, -0.1) is 0 Å². The molecule has 1 aliphatic heterocycles. The Kier molecular flexibility index (Phi) is 8.35. The van der Waals surface area contributed by atoms with Gasteiger partial charge >= 0.3 is 5.97 Å². The van der Waals surface area contributed by atoms with Crippen molar-refractivity contribution in [1.82, 2.24) is 4.90 Å². The fraction of sp³-hybridized carbons (Fsp3) is 0.450. The minimum absolute atomic E-state index is 0.296. The molecule has 0 aromatic carbocycles. The Morgan fingerprint density at radius 2 is 1.74 bits per heavy atom. The van der Waals surface area contributed by atoms with E-state index in [-0.39, 0.29) is 5.97 Å². The second-order valence-electron chi connectivity index (χ2n) is 5.69. The molecule has 0 aromatic rings. The van der Waals surface area contributed by atoms with Gasteiger partial charge in [-0.1, -0.05) is 37.0 Å². The molecular formula is C20H29NO2. The van der Waals surface area contributed by atoms with E-state index in [1.807, 2.05) is 12.2 Å². The Bertz CT molecular complexity index is 528. The molecule has 0 N–H and O–H groups in total. The van der Waals surface area contributed by atoms with Crippen LogP contribution in [0.15, 0.2) is 59.3 Å². The van der Waals surface area contributed by atoms with E-state index in [1.165, 1.54) is 18.3 Å². The molecule has 0 amide bonds. The number of carbonyl (C=O) groups is 1. The van der Waals surface area contributed by atoms with E-state index in [1.54, 1.807) is 13.0 Å². The summed E-state index contributed by atoms with van der Waals surface area (Å²) in [4.78, 5) is 13.9. The molecule has 126 valence electrons. The molecule has 0 atom stereocenters. The Morgan fingerprint density at radius 3 is 2.17 bits per heavy atom. The summed E-state index contributed by atoms with van der Waals surface area (Å²) in [5, 5.41) is 0. The van der Waals surface area contributed by atoms with Crippen LogP contribution in [0.3, 0.4) is 0 Å². The summed E-state index contributed by atoms with van der Waals surface area (Å²) in [6.07, 6.45) is 12.2. The van der Waals surface area contributed by atoms with Gasteiger partial charge in [0.15, 0.2) is 0 Å². The number of ether oxygens (including phenoxy) is 1. The van der Waals surface area contributed by atoms with Gasteiger partial charge in [0.25, 0.3) is 0 Å². The van der Waals surface area contributed by atoms with Crippen molar-refractivity contribution >= 4 is 5.97 Å². The minimum atomic E-state index is -0.296. The third kappa shape index (κ3) is 6.03. The average molecular weight is 315 g/mol. The molecule has 1 aliphatic rings. The number of carbonyl (C=O) groups excluding carboxylic acids is 1. The maximum Gasteiger partial charge on any atom is 0.333 e. The third-order valence-electron chi connectivity index (χ3n) is 4.23. The molecule has 3 heteroatoms. The summed E-state index contributed by atoms with van der Waals surface area (Å²) >= 11 is 0. The number of hydrogen-bond acceptors (Lipinski definition) is 3. The Balaban J connectivity index is 2.76. The van der Waals surface area contributed by atoms with E-state index < -0.39 is 0 Å². The second kappa shape index (κ2) is 10.0. The van der Waals surface area contributed by atoms with Crippen LogP contribution in [0.2, 0.25) is 0 Å². The second-order valence-corrected chi connectivity index (χ2v) is 5.69. The van der Waals surface area contributed by atoms with Crippen molar-refractivity contribution in [3.63, 3.8) is 0 Å². The van der Waals surface area contributed by atoms with Crippen LogP contribution in [-0.4, -0.2) is 37.6 Å². The number of rotatable bonds is 5. The number of hydrogen-bond donors (Lipinski definition) is 0. The molecule has 1 heterocycles. The maximum absolute atomic E-state index is 11.4. The summed E-state index contributed by atoms with van der Waals surface area (Å²) in [6, 6.07) is 0. The Hall–Kier alpha value is -1.87. The van der Waals surface area contributed by atoms with E-state index in [0.29, 0.717) is 5.57 Å². The van der Waals surface area contributed by atoms with Crippen LogP contribution in [0.25, 0.3) is 0 Å². The maximum atomic E-state index is 11.4. The van der Waals surface area contributed by atoms with E-state index in [4.69, 9.17) is 4.74 Å². The highest BCUT2D eigenvalue weighted by Crippen LogP contribution is 2.23. The molecule has 1 saturated heterocycles. The van der Waals surface area contributed by atoms with E-state index >= 15 is 0 Å². The summed E-state index contributed by atoms with van der Waals surface area (Å²) in [7, 11) is 1.40. The Labute approximate surface area is 140 Å². The quantitative estimate of drug-likeness (QED) is 0.432. The minimum Gasteiger partial charge on any atom is -0.466 e. The largest absolute Gasteiger partial charge is 0.466 e. The molecule has 0 unspecified atom stereocenters. The normalized spacial score (nSPS) is 21.4. The van der Waals surface area contributed by atoms with Crippen molar-refractivity contribution < 1.29 is 9.53 Å². The molecule has 1 fully saturated rings. The zero-order valence-corrected chi connectivity index (χ0v) is 14.9. The molecule has 3 nitrogen and oxygen atoms in total. The van der Waals surface area contributed by atoms with Crippen molar-refractivity contribution in [2.75, 3.05) is 26.7 Å². The molecule has 0 saturated carbocycles. The van der Waals surface area contributed by atoms with Crippen LogP contribution in [0.1, 0.15) is 33.6 Å². The summed E-state index contributed by atoms with van der Waals surface area (Å²) < 4.78 is 4.71. The first kappa shape index (κ1) is 19.2. The van der Waals surface area contributed by atoms with Crippen LogP contribution in [-0.2, 0) is 9.53 Å². The van der Waals surface area contributed by atoms with Gasteiger partial charge in [0, 0.05) is 25.2 Å². The van der Waals surface area contributed by atoms with Crippen molar-refractivity contribution in [3.05, 3.63) is 59.3 Å². The zero-order valence-electron chi connectivity index (χ0n) is 14.9. The molecule has 0 aromatic heterocycles. The van der Waals surface area contributed by atoms with Gasteiger partial charge < -0.3 is 4.74 Å². The highest BCUT2D eigenvalue weighted by molar-refractivity contribution is 5.87. The molecular weight excluding hydrogens is 286 g/mol. The molecule has 0 bridgehead atoms. The molecule has 0 radical (unpaired) electrons. The predicted molar refractivity (Wildman–Crippen MR) is 97.2 cm³/mol. The van der Waals surface area contributed by atoms with E-state index in [2.05, 4.69) is 37.5 Å². The van der Waals surface area contributed by atoms with E-state index in [9.17, 15) is 4.79 Å². The summed E-state index contributed by atoms with van der Waals surface area (Å²) in [5.41, 5.74) is 4.62. The van der Waals surface area contributed by atoms with Crippen molar-refractivity contribution in [2.45, 2.75) is 33.6 Å². The lowest BCUT2D eigenvalue weighted by atomic mass is 10.0. The van der Waals surface area contributed by atoms with Crippen LogP contribution in [0.5, 0.6) is 0 Å². The Morgan fingerprint density at radius 1 is 1.17 bits per heavy atom. The van der Waals surface area contributed by atoms with Gasteiger partial charge in [-0.05, 0) is 50.3 Å². The molecule has 0 aliphatic carbocycles.